The Balaban J connectivity index is 2.10. The van der Waals surface area contributed by atoms with Crippen molar-refractivity contribution in [3.8, 4) is 5.75 Å². The van der Waals surface area contributed by atoms with Crippen LogP contribution in [0.1, 0.15) is 5.56 Å². The van der Waals surface area contributed by atoms with E-state index in [2.05, 4.69) is 0 Å². The Kier molecular flexibility index (Phi) is 4.34. The smallest absolute Gasteiger partial charge is 0.323 e. The van der Waals surface area contributed by atoms with Crippen LogP contribution in [0.3, 0.4) is 0 Å². The summed E-state index contributed by atoms with van der Waals surface area (Å²) in [4.78, 5) is 12.9. The molecule has 0 radical (unpaired) electrons. The van der Waals surface area contributed by atoms with Crippen molar-refractivity contribution in [1.29, 1.82) is 0 Å². The van der Waals surface area contributed by atoms with Gasteiger partial charge in [0.25, 0.3) is 0 Å². The number of carboxylic acids is 1. The zero-order valence-corrected chi connectivity index (χ0v) is 10.6. The van der Waals surface area contributed by atoms with Crippen LogP contribution in [-0.2, 0) is 16.1 Å². The summed E-state index contributed by atoms with van der Waals surface area (Å²) in [6, 6.07) is 3.96. The van der Waals surface area contributed by atoms with Crippen molar-refractivity contribution >= 4 is 5.97 Å². The van der Waals surface area contributed by atoms with Crippen molar-refractivity contribution < 1.29 is 23.8 Å². The minimum absolute atomic E-state index is 0.161. The molecule has 1 aromatic rings. The van der Waals surface area contributed by atoms with E-state index in [4.69, 9.17) is 14.6 Å². The van der Waals surface area contributed by atoms with Crippen molar-refractivity contribution in [1.82, 2.24) is 4.90 Å². The molecule has 0 saturated carbocycles. The van der Waals surface area contributed by atoms with E-state index < -0.39 is 17.8 Å². The van der Waals surface area contributed by atoms with Gasteiger partial charge >= 0.3 is 5.97 Å². The second-order valence-electron chi connectivity index (χ2n) is 4.37. The van der Waals surface area contributed by atoms with Crippen LogP contribution in [0, 0.1) is 5.82 Å². The number of nitrogens with zero attached hydrogens (tertiary/aromatic N) is 1. The first kappa shape index (κ1) is 13.8. The molecule has 1 N–H and O–H groups in total. The van der Waals surface area contributed by atoms with Crippen LogP contribution in [-0.4, -0.2) is 48.9 Å². The average Bonchev–Trinajstić information content (AvgIpc) is 2.39. The molecule has 1 atom stereocenters. The molecule has 1 fully saturated rings. The maximum Gasteiger partial charge on any atom is 0.323 e. The lowest BCUT2D eigenvalue weighted by Gasteiger charge is -2.32. The zero-order valence-electron chi connectivity index (χ0n) is 10.6. The van der Waals surface area contributed by atoms with Crippen molar-refractivity contribution in [2.75, 3.05) is 26.9 Å². The minimum atomic E-state index is -0.923. The van der Waals surface area contributed by atoms with Gasteiger partial charge in [-0.3, -0.25) is 9.69 Å². The summed E-state index contributed by atoms with van der Waals surface area (Å²) < 4.78 is 23.6. The van der Waals surface area contributed by atoms with Gasteiger partial charge in [-0.05, 0) is 17.7 Å². The lowest BCUT2D eigenvalue weighted by Crippen LogP contribution is -2.49. The van der Waals surface area contributed by atoms with E-state index in [1.165, 1.54) is 13.2 Å². The molecule has 1 unspecified atom stereocenters. The largest absolute Gasteiger partial charge is 0.494 e. The Morgan fingerprint density at radius 2 is 2.42 bits per heavy atom. The second-order valence-corrected chi connectivity index (χ2v) is 4.37. The predicted octanol–water partition coefficient (Wildman–Crippen LogP) is 1.12. The summed E-state index contributed by atoms with van der Waals surface area (Å²) in [6.45, 7) is 1.54. The first-order valence-electron chi connectivity index (χ1n) is 5.99. The molecule has 104 valence electrons. The maximum absolute atomic E-state index is 13.6. The van der Waals surface area contributed by atoms with Crippen LogP contribution < -0.4 is 4.74 Å². The standard InChI is InChI=1S/C13H16FNO4/c1-18-12-3-2-9(6-10(12)14)7-15-4-5-19-8-11(15)13(16)17/h2-3,6,11H,4-5,7-8H2,1H3,(H,16,17). The monoisotopic (exact) mass is 269 g/mol. The number of hydrogen-bond acceptors (Lipinski definition) is 4. The Morgan fingerprint density at radius 1 is 1.63 bits per heavy atom. The third-order valence-electron chi connectivity index (χ3n) is 3.13. The molecule has 0 spiro atoms. The minimum Gasteiger partial charge on any atom is -0.494 e. The third-order valence-corrected chi connectivity index (χ3v) is 3.13. The molecule has 0 bridgehead atoms. The van der Waals surface area contributed by atoms with Crippen molar-refractivity contribution in [2.24, 2.45) is 0 Å². The number of aliphatic carboxylic acids is 1. The highest BCUT2D eigenvalue weighted by Crippen LogP contribution is 2.20. The van der Waals surface area contributed by atoms with Gasteiger partial charge in [0.15, 0.2) is 11.6 Å². The van der Waals surface area contributed by atoms with Gasteiger partial charge in [-0.2, -0.15) is 0 Å². The van der Waals surface area contributed by atoms with Crippen LogP contribution >= 0.6 is 0 Å². The molecule has 2 rings (SSSR count). The van der Waals surface area contributed by atoms with Gasteiger partial charge in [-0.1, -0.05) is 6.07 Å². The van der Waals surface area contributed by atoms with Gasteiger partial charge in [0.05, 0.1) is 20.3 Å². The molecule has 1 heterocycles. The van der Waals surface area contributed by atoms with Crippen LogP contribution in [0.5, 0.6) is 5.75 Å². The van der Waals surface area contributed by atoms with E-state index in [1.54, 1.807) is 17.0 Å². The molecule has 0 amide bonds. The summed E-state index contributed by atoms with van der Waals surface area (Å²) in [5.41, 5.74) is 0.714. The molecule has 1 aliphatic heterocycles. The lowest BCUT2D eigenvalue weighted by atomic mass is 10.1. The normalized spacial score (nSPS) is 20.2. The highest BCUT2D eigenvalue weighted by Gasteiger charge is 2.29. The highest BCUT2D eigenvalue weighted by atomic mass is 19.1. The van der Waals surface area contributed by atoms with Crippen LogP contribution in [0.15, 0.2) is 18.2 Å². The van der Waals surface area contributed by atoms with Gasteiger partial charge in [-0.15, -0.1) is 0 Å². The Bertz CT molecular complexity index is 466. The quantitative estimate of drug-likeness (QED) is 0.887. The van der Waals surface area contributed by atoms with Gasteiger partial charge in [0, 0.05) is 13.1 Å². The van der Waals surface area contributed by atoms with Gasteiger partial charge < -0.3 is 14.6 Å². The fraction of sp³-hybridized carbons (Fsp3) is 0.462. The Labute approximate surface area is 110 Å². The SMILES string of the molecule is COc1ccc(CN2CCOCC2C(=O)O)cc1F. The number of carboxylic acid groups (broad SMARTS) is 1. The molecule has 19 heavy (non-hydrogen) atoms. The van der Waals surface area contributed by atoms with Gasteiger partial charge in [0.1, 0.15) is 6.04 Å². The highest BCUT2D eigenvalue weighted by molar-refractivity contribution is 5.73. The van der Waals surface area contributed by atoms with Crippen molar-refractivity contribution in [2.45, 2.75) is 12.6 Å². The second kappa shape index (κ2) is 5.99. The van der Waals surface area contributed by atoms with Crippen LogP contribution in [0.4, 0.5) is 4.39 Å². The summed E-state index contributed by atoms with van der Waals surface area (Å²) in [5, 5.41) is 9.11. The molecule has 0 aromatic heterocycles. The molecule has 1 aromatic carbocycles. The van der Waals surface area contributed by atoms with Crippen molar-refractivity contribution in [3.63, 3.8) is 0 Å². The van der Waals surface area contributed by atoms with Gasteiger partial charge in [0.2, 0.25) is 0 Å². The number of ether oxygens (including phenoxy) is 2. The first-order valence-corrected chi connectivity index (χ1v) is 5.99. The average molecular weight is 269 g/mol. The number of benzene rings is 1. The van der Waals surface area contributed by atoms with E-state index in [9.17, 15) is 9.18 Å². The molecular formula is C13H16FNO4. The number of carbonyl (C=O) groups is 1. The van der Waals surface area contributed by atoms with E-state index in [1.807, 2.05) is 0 Å². The molecule has 0 aliphatic carbocycles. The summed E-state index contributed by atoms with van der Waals surface area (Å²) >= 11 is 0. The fourth-order valence-electron chi connectivity index (χ4n) is 2.10. The number of rotatable bonds is 4. The van der Waals surface area contributed by atoms with Crippen molar-refractivity contribution in [3.05, 3.63) is 29.6 Å². The summed E-state index contributed by atoms with van der Waals surface area (Å²) in [5.74, 6) is -1.19. The third kappa shape index (κ3) is 3.21. The zero-order chi connectivity index (χ0) is 13.8. The number of methoxy groups -OCH3 is 1. The number of morpholine rings is 1. The maximum atomic E-state index is 13.6. The Hall–Kier alpha value is -1.66. The number of halogens is 1. The topological polar surface area (TPSA) is 59.0 Å². The van der Waals surface area contributed by atoms with E-state index in [0.29, 0.717) is 25.3 Å². The Morgan fingerprint density at radius 3 is 3.05 bits per heavy atom. The molecule has 5 nitrogen and oxygen atoms in total. The van der Waals surface area contributed by atoms with Crippen LogP contribution in [0.25, 0.3) is 0 Å². The fourth-order valence-corrected chi connectivity index (χ4v) is 2.10. The molecule has 1 aliphatic rings. The predicted molar refractivity (Wildman–Crippen MR) is 65.6 cm³/mol. The summed E-state index contributed by atoms with van der Waals surface area (Å²) in [6.07, 6.45) is 0. The lowest BCUT2D eigenvalue weighted by molar-refractivity contribution is -0.150. The van der Waals surface area contributed by atoms with Crippen LogP contribution in [0.2, 0.25) is 0 Å². The number of hydrogen-bond donors (Lipinski definition) is 1. The summed E-state index contributed by atoms with van der Waals surface area (Å²) in [7, 11) is 1.40. The molecular weight excluding hydrogens is 253 g/mol. The van der Waals surface area contributed by atoms with E-state index >= 15 is 0 Å². The molecule has 6 heteroatoms. The van der Waals surface area contributed by atoms with E-state index in [-0.39, 0.29) is 12.4 Å². The molecule has 1 saturated heterocycles. The first-order chi connectivity index (χ1) is 9.11. The van der Waals surface area contributed by atoms with E-state index in [0.717, 1.165) is 0 Å². The van der Waals surface area contributed by atoms with Gasteiger partial charge in [-0.25, -0.2) is 4.39 Å².